The fourth-order valence-electron chi connectivity index (χ4n) is 4.69. The van der Waals surface area contributed by atoms with Crippen LogP contribution >= 0.6 is 0 Å². The molecular formula is C25H27N4O5S+. The van der Waals surface area contributed by atoms with Crippen molar-refractivity contribution in [1.29, 1.82) is 0 Å². The molecule has 2 atom stereocenters. The lowest BCUT2D eigenvalue weighted by molar-refractivity contribution is 0.00834. The molecule has 3 heterocycles. The minimum atomic E-state index is -4.56. The van der Waals surface area contributed by atoms with Crippen LogP contribution < -0.4 is 9.32 Å². The van der Waals surface area contributed by atoms with Gasteiger partial charge in [0, 0.05) is 60.1 Å². The van der Waals surface area contributed by atoms with Crippen molar-refractivity contribution in [3.8, 4) is 11.1 Å². The first-order valence-corrected chi connectivity index (χ1v) is 12.9. The quantitative estimate of drug-likeness (QED) is 0.333. The second kappa shape index (κ2) is 8.80. The molecule has 5 rings (SSSR count). The van der Waals surface area contributed by atoms with Gasteiger partial charge in [0.1, 0.15) is 12.6 Å². The van der Waals surface area contributed by atoms with Crippen molar-refractivity contribution in [1.82, 2.24) is 18.7 Å². The highest BCUT2D eigenvalue weighted by Crippen LogP contribution is 2.31. The first-order chi connectivity index (χ1) is 16.7. The van der Waals surface area contributed by atoms with Crippen LogP contribution in [0.25, 0.3) is 32.8 Å². The Morgan fingerprint density at radius 2 is 1.91 bits per heavy atom. The summed E-state index contributed by atoms with van der Waals surface area (Å²) in [7, 11) is -1.32. The molecule has 1 aliphatic rings. The van der Waals surface area contributed by atoms with Crippen LogP contribution in [0.15, 0.2) is 59.8 Å². The van der Waals surface area contributed by atoms with Gasteiger partial charge in [0.25, 0.3) is 0 Å². The van der Waals surface area contributed by atoms with Gasteiger partial charge in [-0.2, -0.15) is 8.99 Å². The molecule has 0 radical (unpaired) electrons. The zero-order valence-electron chi connectivity index (χ0n) is 19.6. The summed E-state index contributed by atoms with van der Waals surface area (Å²) in [5, 5.41) is 5.59. The van der Waals surface area contributed by atoms with Gasteiger partial charge in [0.2, 0.25) is 0 Å². The largest absolute Gasteiger partial charge is 0.437 e. The number of likely N-dealkylation sites (N-methyl/N-ethyl adjacent to an activating group) is 1. The Hall–Kier alpha value is -3.18. The Morgan fingerprint density at radius 3 is 2.60 bits per heavy atom. The van der Waals surface area contributed by atoms with E-state index in [2.05, 4.69) is 10.1 Å². The van der Waals surface area contributed by atoms with Gasteiger partial charge in [-0.1, -0.05) is 6.07 Å². The van der Waals surface area contributed by atoms with E-state index in [9.17, 15) is 17.8 Å². The molecule has 1 N–H and O–H groups in total. The van der Waals surface area contributed by atoms with Crippen LogP contribution in [0.2, 0.25) is 0 Å². The van der Waals surface area contributed by atoms with Crippen molar-refractivity contribution in [2.75, 3.05) is 20.2 Å². The third kappa shape index (κ3) is 4.34. The third-order valence-electron chi connectivity index (χ3n) is 6.79. The number of benzene rings is 1. The van der Waals surface area contributed by atoms with E-state index >= 15 is 0 Å². The van der Waals surface area contributed by atoms with Crippen molar-refractivity contribution < 1.29 is 17.7 Å². The fourth-order valence-corrected chi connectivity index (χ4v) is 5.42. The number of hydrogen-bond acceptors (Lipinski definition) is 6. The van der Waals surface area contributed by atoms with Crippen molar-refractivity contribution in [3.05, 3.63) is 65.2 Å². The van der Waals surface area contributed by atoms with E-state index in [1.165, 1.54) is 7.05 Å². The molecule has 182 valence electrons. The number of hydrogen-bond donors (Lipinski definition) is 1. The number of nitrogens with zero attached hydrogens (tertiary/aromatic N) is 4. The molecule has 4 aromatic rings. The Kier molecular flexibility index (Phi) is 5.92. The van der Waals surface area contributed by atoms with Crippen molar-refractivity contribution in [2.45, 2.75) is 25.4 Å². The first-order valence-electron chi connectivity index (χ1n) is 11.5. The van der Waals surface area contributed by atoms with Gasteiger partial charge in [-0.15, -0.1) is 8.42 Å². The lowest BCUT2D eigenvalue weighted by Gasteiger charge is -2.34. The maximum atomic E-state index is 13.7. The highest BCUT2D eigenvalue weighted by atomic mass is 32.2. The molecule has 2 aromatic carbocycles. The minimum Gasteiger partial charge on any atom is -0.372 e. The summed E-state index contributed by atoms with van der Waals surface area (Å²) in [6.45, 7) is 0.609. The second-order valence-electron chi connectivity index (χ2n) is 9.21. The third-order valence-corrected chi connectivity index (χ3v) is 8.16. The van der Waals surface area contributed by atoms with Gasteiger partial charge in [-0.05, 0) is 42.8 Å². The smallest absolute Gasteiger partial charge is 0.372 e. The molecule has 0 bridgehead atoms. The number of quaternary nitrogens is 1. The predicted octanol–water partition coefficient (Wildman–Crippen LogP) is 3.46. The van der Waals surface area contributed by atoms with Gasteiger partial charge in [-0.3, -0.25) is 14.5 Å². The molecule has 9 nitrogen and oxygen atoms in total. The Labute approximate surface area is 203 Å². The molecule has 35 heavy (non-hydrogen) atoms. The topological polar surface area (TPSA) is 111 Å². The standard InChI is InChI=1S/C25H26N4O5S/c1-28-15-19(14-27-28)18-11-23-24(26-13-18)9-7-17-6-8-20(12-22(17)25(23)30)29(2,35(31,32)33)16-21-5-3-4-10-34-21/h6-9,11-15,21H,3-5,10,16H2,1-2H3/p+1. The number of ether oxygens (including phenoxy) is 1. The molecule has 1 aliphatic heterocycles. The normalized spacial score (nSPS) is 18.5. The van der Waals surface area contributed by atoms with Crippen LogP contribution in [0.1, 0.15) is 19.3 Å². The molecule has 0 saturated carbocycles. The van der Waals surface area contributed by atoms with E-state index in [0.717, 1.165) is 24.0 Å². The molecule has 1 fully saturated rings. The van der Waals surface area contributed by atoms with Crippen LogP contribution in [-0.2, 0) is 22.1 Å². The molecule has 0 amide bonds. The van der Waals surface area contributed by atoms with Gasteiger partial charge >= 0.3 is 10.3 Å². The van der Waals surface area contributed by atoms with Crippen molar-refractivity contribution in [3.63, 3.8) is 0 Å². The molecule has 0 spiro atoms. The summed E-state index contributed by atoms with van der Waals surface area (Å²) < 4.78 is 42.1. The van der Waals surface area contributed by atoms with E-state index in [4.69, 9.17) is 4.74 Å². The van der Waals surface area contributed by atoms with E-state index in [1.54, 1.807) is 53.5 Å². The SMILES string of the molecule is Cn1cc(-c2cnc3ccc4ccc([N+](C)(CC5CCCCO5)S(=O)(=O)O)cc4c(=O)c3c2)cn1. The zero-order chi connectivity index (χ0) is 24.8. The van der Waals surface area contributed by atoms with Gasteiger partial charge in [0.05, 0.1) is 18.8 Å². The number of fused-ring (bicyclic) bond motifs is 2. The average Bonchev–Trinajstić information content (AvgIpc) is 3.22. The van der Waals surface area contributed by atoms with Crippen LogP contribution in [0, 0.1) is 0 Å². The summed E-state index contributed by atoms with van der Waals surface area (Å²) in [6, 6.07) is 10.2. The minimum absolute atomic E-state index is 0.0466. The lowest BCUT2D eigenvalue weighted by atomic mass is 10.1. The average molecular weight is 496 g/mol. The van der Waals surface area contributed by atoms with Crippen LogP contribution in [0.3, 0.4) is 0 Å². The molecule has 2 unspecified atom stereocenters. The summed E-state index contributed by atoms with van der Waals surface area (Å²) in [4.78, 5) is 18.2. The van der Waals surface area contributed by atoms with Gasteiger partial charge < -0.3 is 4.74 Å². The zero-order valence-corrected chi connectivity index (χ0v) is 20.4. The van der Waals surface area contributed by atoms with E-state index in [-0.39, 0.29) is 18.1 Å². The number of aryl methyl sites for hydroxylation is 1. The molecule has 0 aliphatic carbocycles. The second-order valence-corrected chi connectivity index (χ2v) is 10.9. The fraction of sp³-hybridized carbons (Fsp3) is 0.320. The van der Waals surface area contributed by atoms with E-state index in [1.807, 2.05) is 13.2 Å². The number of rotatable bonds is 5. The van der Waals surface area contributed by atoms with E-state index in [0.29, 0.717) is 40.4 Å². The van der Waals surface area contributed by atoms with Gasteiger partial charge in [-0.25, -0.2) is 4.55 Å². The molecule has 1 saturated heterocycles. The Bertz CT molecular complexity index is 1600. The maximum Gasteiger partial charge on any atom is 0.437 e. The lowest BCUT2D eigenvalue weighted by Crippen LogP contribution is -2.55. The summed E-state index contributed by atoms with van der Waals surface area (Å²) >= 11 is 0. The number of aromatic nitrogens is 3. The maximum absolute atomic E-state index is 13.7. The Morgan fingerprint density at radius 1 is 1.11 bits per heavy atom. The first kappa shape index (κ1) is 23.6. The highest BCUT2D eigenvalue weighted by Gasteiger charge is 2.42. The number of pyridine rings is 1. The van der Waals surface area contributed by atoms with Crippen molar-refractivity contribution in [2.24, 2.45) is 7.05 Å². The summed E-state index contributed by atoms with van der Waals surface area (Å²) in [6.07, 6.45) is 7.52. The predicted molar refractivity (Wildman–Crippen MR) is 135 cm³/mol. The summed E-state index contributed by atoms with van der Waals surface area (Å²) in [5.41, 5.74) is 2.15. The Balaban J connectivity index is 1.69. The monoisotopic (exact) mass is 495 g/mol. The molecule has 10 heteroatoms. The molecular weight excluding hydrogens is 468 g/mol. The van der Waals surface area contributed by atoms with Gasteiger partial charge in [0.15, 0.2) is 11.1 Å². The van der Waals surface area contributed by atoms with Crippen LogP contribution in [0.5, 0.6) is 0 Å². The summed E-state index contributed by atoms with van der Waals surface area (Å²) in [5.74, 6) is 0. The van der Waals surface area contributed by atoms with Crippen LogP contribution in [-0.4, -0.2) is 54.0 Å². The molecule has 2 aromatic heterocycles. The highest BCUT2D eigenvalue weighted by molar-refractivity contribution is 7.85. The van der Waals surface area contributed by atoms with Crippen LogP contribution in [0.4, 0.5) is 5.69 Å². The van der Waals surface area contributed by atoms with Crippen molar-refractivity contribution >= 4 is 37.7 Å². The van der Waals surface area contributed by atoms with E-state index < -0.39 is 14.2 Å².